The number of rotatable bonds is 4. The second kappa shape index (κ2) is 5.81. The third-order valence-electron chi connectivity index (χ3n) is 2.01. The lowest BCUT2D eigenvalue weighted by Crippen LogP contribution is -1.99. The zero-order valence-corrected chi connectivity index (χ0v) is 8.44. The molecule has 0 rings (SSSR count). The zero-order valence-electron chi connectivity index (χ0n) is 8.44. The molecular weight excluding hydrogens is 152 g/mol. The Morgan fingerprint density at radius 1 is 1.17 bits per heavy atom. The molecule has 0 amide bonds. The topological polar surface area (TPSA) is 26.3 Å². The van der Waals surface area contributed by atoms with E-state index < -0.39 is 0 Å². The summed E-state index contributed by atoms with van der Waals surface area (Å²) in [5.74, 6) is -0.114. The van der Waals surface area contributed by atoms with Crippen LogP contribution in [-0.4, -0.2) is 13.1 Å². The molecule has 2 heteroatoms. The van der Waals surface area contributed by atoms with Gasteiger partial charge in [-0.05, 0) is 33.6 Å². The first kappa shape index (κ1) is 11.2. The number of carbonyl (C=O) groups excluding carboxylic acids is 1. The number of hydrogen-bond donors (Lipinski definition) is 0. The maximum absolute atomic E-state index is 10.7. The van der Waals surface area contributed by atoms with Crippen LogP contribution in [0.4, 0.5) is 0 Å². The van der Waals surface area contributed by atoms with Crippen LogP contribution in [0.3, 0.4) is 0 Å². The van der Waals surface area contributed by atoms with Crippen molar-refractivity contribution < 1.29 is 9.53 Å². The summed E-state index contributed by atoms with van der Waals surface area (Å²) in [6.07, 6.45) is 2.42. The maximum Gasteiger partial charge on any atom is 0.305 e. The van der Waals surface area contributed by atoms with Crippen molar-refractivity contribution in [2.75, 3.05) is 7.11 Å². The lowest BCUT2D eigenvalue weighted by Gasteiger charge is -2.02. The van der Waals surface area contributed by atoms with Gasteiger partial charge in [-0.3, -0.25) is 4.79 Å². The Morgan fingerprint density at radius 3 is 2.17 bits per heavy atom. The molecule has 0 atom stereocenters. The van der Waals surface area contributed by atoms with Crippen LogP contribution in [0.15, 0.2) is 11.1 Å². The van der Waals surface area contributed by atoms with Crippen LogP contribution < -0.4 is 0 Å². The van der Waals surface area contributed by atoms with Gasteiger partial charge in [0.25, 0.3) is 0 Å². The minimum absolute atomic E-state index is 0.114. The molecule has 0 N–H and O–H groups in total. The lowest BCUT2D eigenvalue weighted by molar-refractivity contribution is -0.140. The van der Waals surface area contributed by atoms with Gasteiger partial charge in [0.15, 0.2) is 0 Å². The van der Waals surface area contributed by atoms with Crippen LogP contribution in [0.25, 0.3) is 0 Å². The first-order chi connectivity index (χ1) is 5.57. The monoisotopic (exact) mass is 170 g/mol. The Hall–Kier alpha value is -0.790. The third kappa shape index (κ3) is 4.94. The molecule has 0 radical (unpaired) electrons. The molecule has 0 saturated heterocycles. The van der Waals surface area contributed by atoms with E-state index in [-0.39, 0.29) is 5.97 Å². The minimum atomic E-state index is -0.114. The van der Waals surface area contributed by atoms with Gasteiger partial charge in [0, 0.05) is 6.42 Å². The molecule has 0 saturated carbocycles. The van der Waals surface area contributed by atoms with Gasteiger partial charge in [-0.2, -0.15) is 0 Å². The Morgan fingerprint density at radius 2 is 1.75 bits per heavy atom. The second-order valence-electron chi connectivity index (χ2n) is 3.21. The number of methoxy groups -OCH3 is 1. The highest BCUT2D eigenvalue weighted by Crippen LogP contribution is 2.11. The van der Waals surface area contributed by atoms with Crippen molar-refractivity contribution in [1.82, 2.24) is 0 Å². The molecular formula is C10H18O2. The molecule has 0 unspecified atom stereocenters. The summed E-state index contributed by atoms with van der Waals surface area (Å²) < 4.78 is 4.54. The normalized spacial score (nSPS) is 9.33. The van der Waals surface area contributed by atoms with Crippen molar-refractivity contribution in [3.63, 3.8) is 0 Å². The maximum atomic E-state index is 10.7. The molecule has 0 fully saturated rings. The highest BCUT2D eigenvalue weighted by atomic mass is 16.5. The predicted molar refractivity (Wildman–Crippen MR) is 49.9 cm³/mol. The van der Waals surface area contributed by atoms with Crippen molar-refractivity contribution in [2.24, 2.45) is 0 Å². The van der Waals surface area contributed by atoms with E-state index in [0.29, 0.717) is 6.42 Å². The molecule has 0 bridgehead atoms. The van der Waals surface area contributed by atoms with Crippen LogP contribution in [0.5, 0.6) is 0 Å². The molecule has 2 nitrogen and oxygen atoms in total. The Kier molecular flexibility index (Phi) is 5.43. The summed E-state index contributed by atoms with van der Waals surface area (Å²) in [6, 6.07) is 0. The smallest absolute Gasteiger partial charge is 0.305 e. The third-order valence-corrected chi connectivity index (χ3v) is 2.01. The minimum Gasteiger partial charge on any atom is -0.469 e. The number of carbonyl (C=O) groups is 1. The van der Waals surface area contributed by atoms with Crippen LogP contribution in [0, 0.1) is 0 Å². The lowest BCUT2D eigenvalue weighted by atomic mass is 10.1. The van der Waals surface area contributed by atoms with E-state index in [4.69, 9.17) is 0 Å². The van der Waals surface area contributed by atoms with Gasteiger partial charge in [-0.1, -0.05) is 11.1 Å². The number of ether oxygens (including phenoxy) is 1. The van der Waals surface area contributed by atoms with Gasteiger partial charge in [-0.15, -0.1) is 0 Å². The summed E-state index contributed by atoms with van der Waals surface area (Å²) >= 11 is 0. The van der Waals surface area contributed by atoms with E-state index in [1.54, 1.807) is 0 Å². The van der Waals surface area contributed by atoms with Gasteiger partial charge in [0.2, 0.25) is 0 Å². The second-order valence-corrected chi connectivity index (χ2v) is 3.21. The van der Waals surface area contributed by atoms with Gasteiger partial charge in [-0.25, -0.2) is 0 Å². The molecule has 0 aromatic rings. The first-order valence-corrected chi connectivity index (χ1v) is 4.27. The molecule has 0 aliphatic carbocycles. The zero-order chi connectivity index (χ0) is 9.56. The molecule has 0 aromatic heterocycles. The van der Waals surface area contributed by atoms with Gasteiger partial charge < -0.3 is 4.74 Å². The summed E-state index contributed by atoms with van der Waals surface area (Å²) in [4.78, 5) is 10.7. The molecule has 0 aromatic carbocycles. The van der Waals surface area contributed by atoms with Gasteiger partial charge in [0.1, 0.15) is 0 Å². The quantitative estimate of drug-likeness (QED) is 0.479. The molecule has 0 aliphatic rings. The average molecular weight is 170 g/mol. The van der Waals surface area contributed by atoms with Crippen LogP contribution in [0.2, 0.25) is 0 Å². The summed E-state index contributed by atoms with van der Waals surface area (Å²) in [5, 5.41) is 0. The summed E-state index contributed by atoms with van der Waals surface area (Å²) in [5.41, 5.74) is 2.72. The van der Waals surface area contributed by atoms with Crippen LogP contribution in [-0.2, 0) is 9.53 Å². The first-order valence-electron chi connectivity index (χ1n) is 4.27. The van der Waals surface area contributed by atoms with Gasteiger partial charge >= 0.3 is 5.97 Å². The van der Waals surface area contributed by atoms with E-state index in [1.165, 1.54) is 18.3 Å². The number of esters is 1. The number of allylic oxidation sites excluding steroid dienone is 2. The Balaban J connectivity index is 3.58. The van der Waals surface area contributed by atoms with Crippen LogP contribution >= 0.6 is 0 Å². The SMILES string of the molecule is COC(=O)CCCC(C)=C(C)C. The summed E-state index contributed by atoms with van der Waals surface area (Å²) in [7, 11) is 1.43. The fraction of sp³-hybridized carbons (Fsp3) is 0.700. The Bertz CT molecular complexity index is 176. The van der Waals surface area contributed by atoms with E-state index in [2.05, 4.69) is 25.5 Å². The Labute approximate surface area is 74.6 Å². The standard InChI is InChI=1S/C10H18O2/c1-8(2)9(3)6-5-7-10(11)12-4/h5-7H2,1-4H3. The molecule has 0 spiro atoms. The largest absolute Gasteiger partial charge is 0.469 e. The van der Waals surface area contributed by atoms with Gasteiger partial charge in [0.05, 0.1) is 7.11 Å². The molecule has 0 heterocycles. The molecule has 0 aliphatic heterocycles. The van der Waals surface area contributed by atoms with Crippen molar-refractivity contribution in [3.05, 3.63) is 11.1 Å². The predicted octanol–water partition coefficient (Wildman–Crippen LogP) is 2.69. The van der Waals surface area contributed by atoms with Crippen molar-refractivity contribution in [1.29, 1.82) is 0 Å². The average Bonchev–Trinajstić information content (AvgIpc) is 2.03. The summed E-state index contributed by atoms with van der Waals surface area (Å²) in [6.45, 7) is 6.29. The van der Waals surface area contributed by atoms with Crippen molar-refractivity contribution in [3.8, 4) is 0 Å². The van der Waals surface area contributed by atoms with E-state index in [9.17, 15) is 4.79 Å². The van der Waals surface area contributed by atoms with E-state index >= 15 is 0 Å². The van der Waals surface area contributed by atoms with E-state index in [1.807, 2.05) is 0 Å². The van der Waals surface area contributed by atoms with Crippen molar-refractivity contribution >= 4 is 5.97 Å². The molecule has 12 heavy (non-hydrogen) atoms. The van der Waals surface area contributed by atoms with Crippen molar-refractivity contribution in [2.45, 2.75) is 40.0 Å². The fourth-order valence-electron chi connectivity index (χ4n) is 0.850. The highest BCUT2D eigenvalue weighted by Gasteiger charge is 2.00. The number of hydrogen-bond acceptors (Lipinski definition) is 2. The highest BCUT2D eigenvalue weighted by molar-refractivity contribution is 5.69. The van der Waals surface area contributed by atoms with E-state index in [0.717, 1.165) is 12.8 Å². The van der Waals surface area contributed by atoms with Crippen LogP contribution in [0.1, 0.15) is 40.0 Å². The molecule has 70 valence electrons. The fourth-order valence-corrected chi connectivity index (χ4v) is 0.850.